The van der Waals surface area contributed by atoms with Crippen LogP contribution in [0.5, 0.6) is 0 Å². The van der Waals surface area contributed by atoms with Crippen molar-refractivity contribution in [1.82, 2.24) is 4.72 Å². The smallest absolute Gasteiger partial charge is 0.412 e. The maximum Gasteiger partial charge on any atom is 0.412 e. The highest BCUT2D eigenvalue weighted by Crippen LogP contribution is 2.22. The highest BCUT2D eigenvalue weighted by molar-refractivity contribution is 7.89. The lowest BCUT2D eigenvalue weighted by Gasteiger charge is -2.20. The Morgan fingerprint density at radius 2 is 1.71 bits per heavy atom. The molecule has 168 valence electrons. The Kier molecular flexibility index (Phi) is 7.40. The Balaban J connectivity index is 2.19. The molecule has 2 amide bonds. The first-order valence-electron chi connectivity index (χ1n) is 9.50. The molecule has 0 fully saturated rings. The zero-order valence-electron chi connectivity index (χ0n) is 17.9. The molecular weight excluding hydrogens is 425 g/mol. The second kappa shape index (κ2) is 9.44. The van der Waals surface area contributed by atoms with Gasteiger partial charge in [0.25, 0.3) is 5.91 Å². The van der Waals surface area contributed by atoms with Gasteiger partial charge < -0.3 is 10.1 Å². The summed E-state index contributed by atoms with van der Waals surface area (Å²) in [5.74, 6) is -1.31. The van der Waals surface area contributed by atoms with Gasteiger partial charge in [-0.05, 0) is 71.0 Å². The van der Waals surface area contributed by atoms with E-state index in [1.54, 1.807) is 34.6 Å². The quantitative estimate of drug-likeness (QED) is 0.612. The first-order chi connectivity index (χ1) is 14.3. The highest BCUT2D eigenvalue weighted by Gasteiger charge is 2.19. The maximum atomic E-state index is 14.1. The van der Waals surface area contributed by atoms with Crippen LogP contribution in [-0.2, 0) is 14.8 Å². The van der Waals surface area contributed by atoms with Crippen molar-refractivity contribution in [2.75, 3.05) is 10.6 Å². The van der Waals surface area contributed by atoms with E-state index in [1.165, 1.54) is 36.4 Å². The van der Waals surface area contributed by atoms with Gasteiger partial charge in [-0.15, -0.1) is 0 Å². The summed E-state index contributed by atoms with van der Waals surface area (Å²) < 4.78 is 46.2. The number of sulfonamides is 1. The van der Waals surface area contributed by atoms with E-state index in [9.17, 15) is 22.4 Å². The molecule has 0 heterocycles. The van der Waals surface area contributed by atoms with E-state index in [-0.39, 0.29) is 27.9 Å². The lowest BCUT2D eigenvalue weighted by Crippen LogP contribution is -2.30. The molecule has 0 atom stereocenters. The number of benzene rings is 2. The van der Waals surface area contributed by atoms with Crippen molar-refractivity contribution in [3.05, 3.63) is 53.8 Å². The minimum absolute atomic E-state index is 0.0553. The van der Waals surface area contributed by atoms with Crippen molar-refractivity contribution >= 4 is 33.4 Å². The summed E-state index contributed by atoms with van der Waals surface area (Å²) >= 11 is 0. The van der Waals surface area contributed by atoms with Gasteiger partial charge in [-0.1, -0.05) is 6.07 Å². The number of amides is 2. The minimum atomic E-state index is -3.77. The van der Waals surface area contributed by atoms with Crippen LogP contribution < -0.4 is 15.4 Å². The number of hydrogen-bond acceptors (Lipinski definition) is 5. The van der Waals surface area contributed by atoms with Crippen LogP contribution >= 0.6 is 0 Å². The largest absolute Gasteiger partial charge is 0.444 e. The number of carbonyl (C=O) groups excluding carboxylic acids is 2. The van der Waals surface area contributed by atoms with Crippen LogP contribution in [0.2, 0.25) is 0 Å². The predicted molar refractivity (Wildman–Crippen MR) is 116 cm³/mol. The molecule has 0 radical (unpaired) electrons. The Morgan fingerprint density at radius 3 is 2.32 bits per heavy atom. The SMILES string of the molecule is CC(C)NS(=O)(=O)c1cccc(C(=O)Nc2ccc(F)c(NC(=O)OC(C)(C)C)c2)c1. The van der Waals surface area contributed by atoms with Crippen molar-refractivity contribution in [1.29, 1.82) is 0 Å². The second-order valence-electron chi connectivity index (χ2n) is 8.08. The zero-order chi connectivity index (χ0) is 23.4. The van der Waals surface area contributed by atoms with E-state index in [1.807, 2.05) is 0 Å². The van der Waals surface area contributed by atoms with E-state index >= 15 is 0 Å². The molecule has 0 aliphatic rings. The number of carbonyl (C=O) groups is 2. The molecule has 0 bridgehead atoms. The molecule has 0 aromatic heterocycles. The number of rotatable bonds is 6. The van der Waals surface area contributed by atoms with Crippen molar-refractivity contribution in [3.8, 4) is 0 Å². The van der Waals surface area contributed by atoms with Gasteiger partial charge in [0.2, 0.25) is 10.0 Å². The average Bonchev–Trinajstić information content (AvgIpc) is 2.62. The van der Waals surface area contributed by atoms with Gasteiger partial charge in [0, 0.05) is 17.3 Å². The van der Waals surface area contributed by atoms with Gasteiger partial charge in [0.15, 0.2) is 0 Å². The number of hydrogen-bond donors (Lipinski definition) is 3. The molecule has 8 nitrogen and oxygen atoms in total. The van der Waals surface area contributed by atoms with Crippen LogP contribution in [0.3, 0.4) is 0 Å². The standard InChI is InChI=1S/C21H26FN3O5S/c1-13(2)25-31(28,29)16-8-6-7-14(11-16)19(26)23-15-9-10-17(22)18(12-15)24-20(27)30-21(3,4)5/h6-13,25H,1-5H3,(H,23,26)(H,24,27). The molecule has 0 aliphatic carbocycles. The van der Waals surface area contributed by atoms with Gasteiger partial charge in [0.05, 0.1) is 10.6 Å². The zero-order valence-corrected chi connectivity index (χ0v) is 18.8. The van der Waals surface area contributed by atoms with E-state index in [0.29, 0.717) is 0 Å². The fraction of sp³-hybridized carbons (Fsp3) is 0.333. The van der Waals surface area contributed by atoms with Gasteiger partial charge in [-0.3, -0.25) is 10.1 Å². The molecule has 3 N–H and O–H groups in total. The van der Waals surface area contributed by atoms with E-state index in [0.717, 1.165) is 6.07 Å². The summed E-state index contributed by atoms with van der Waals surface area (Å²) in [6.07, 6.45) is -0.842. The maximum absolute atomic E-state index is 14.1. The Morgan fingerprint density at radius 1 is 1.03 bits per heavy atom. The molecule has 2 aromatic carbocycles. The minimum Gasteiger partial charge on any atom is -0.444 e. The van der Waals surface area contributed by atoms with Crippen molar-refractivity contribution in [2.24, 2.45) is 0 Å². The lowest BCUT2D eigenvalue weighted by atomic mass is 10.2. The summed E-state index contributed by atoms with van der Waals surface area (Å²) in [4.78, 5) is 24.4. The van der Waals surface area contributed by atoms with Crippen molar-refractivity contribution < 1.29 is 27.1 Å². The van der Waals surface area contributed by atoms with Crippen LogP contribution in [0, 0.1) is 5.82 Å². The first kappa shape index (κ1) is 24.3. The molecule has 0 spiro atoms. The monoisotopic (exact) mass is 451 g/mol. The molecular formula is C21H26FN3O5S. The predicted octanol–water partition coefficient (Wildman–Crippen LogP) is 4.11. The fourth-order valence-electron chi connectivity index (χ4n) is 2.50. The molecule has 10 heteroatoms. The Hall–Kier alpha value is -2.98. The number of ether oxygens (including phenoxy) is 1. The Bertz CT molecular complexity index is 1080. The first-order valence-corrected chi connectivity index (χ1v) is 11.0. The highest BCUT2D eigenvalue weighted by atomic mass is 32.2. The topological polar surface area (TPSA) is 114 Å². The molecule has 0 saturated heterocycles. The van der Waals surface area contributed by atoms with E-state index in [2.05, 4.69) is 15.4 Å². The van der Waals surface area contributed by atoms with Crippen LogP contribution in [0.15, 0.2) is 47.4 Å². The second-order valence-corrected chi connectivity index (χ2v) is 9.79. The molecule has 2 rings (SSSR count). The van der Waals surface area contributed by atoms with Gasteiger partial charge in [0.1, 0.15) is 11.4 Å². The third-order valence-corrected chi connectivity index (χ3v) is 5.31. The van der Waals surface area contributed by atoms with Gasteiger partial charge in [-0.25, -0.2) is 22.3 Å². The van der Waals surface area contributed by atoms with Crippen LogP contribution in [0.1, 0.15) is 45.0 Å². The summed E-state index contributed by atoms with van der Waals surface area (Å²) in [5, 5.41) is 4.85. The van der Waals surface area contributed by atoms with Crippen molar-refractivity contribution in [2.45, 2.75) is 51.2 Å². The van der Waals surface area contributed by atoms with E-state index in [4.69, 9.17) is 4.74 Å². The van der Waals surface area contributed by atoms with Crippen molar-refractivity contribution in [3.63, 3.8) is 0 Å². The molecule has 31 heavy (non-hydrogen) atoms. The lowest BCUT2D eigenvalue weighted by molar-refractivity contribution is 0.0635. The number of anilines is 2. The normalized spacial score (nSPS) is 11.8. The third-order valence-electron chi connectivity index (χ3n) is 3.66. The summed E-state index contributed by atoms with van der Waals surface area (Å²) in [6, 6.07) is 8.84. The summed E-state index contributed by atoms with van der Waals surface area (Å²) in [6.45, 7) is 8.39. The fourth-order valence-corrected chi connectivity index (χ4v) is 3.80. The number of halogens is 1. The van der Waals surface area contributed by atoms with Gasteiger partial charge in [-0.2, -0.15) is 0 Å². The molecule has 0 unspecified atom stereocenters. The summed E-state index contributed by atoms with van der Waals surface area (Å²) in [5.41, 5.74) is -0.643. The van der Waals surface area contributed by atoms with E-state index < -0.39 is 33.4 Å². The third kappa shape index (κ3) is 7.34. The van der Waals surface area contributed by atoms with Crippen LogP contribution in [0.4, 0.5) is 20.6 Å². The number of nitrogens with one attached hydrogen (secondary N) is 3. The van der Waals surface area contributed by atoms with Crippen LogP contribution in [0.25, 0.3) is 0 Å². The molecule has 0 aliphatic heterocycles. The van der Waals surface area contributed by atoms with Gasteiger partial charge >= 0.3 is 6.09 Å². The Labute approximate surface area is 181 Å². The van der Waals surface area contributed by atoms with Crippen LogP contribution in [-0.4, -0.2) is 32.1 Å². The average molecular weight is 452 g/mol. The summed E-state index contributed by atoms with van der Waals surface area (Å²) in [7, 11) is -3.77. The molecule has 2 aromatic rings. The molecule has 0 saturated carbocycles.